The molecule has 0 aromatic heterocycles. The van der Waals surface area contributed by atoms with E-state index in [9.17, 15) is 0 Å². The third kappa shape index (κ3) is 3.78. The second-order valence-electron chi connectivity index (χ2n) is 3.62. The van der Waals surface area contributed by atoms with Gasteiger partial charge in [0, 0.05) is 0 Å². The van der Waals surface area contributed by atoms with Crippen LogP contribution in [0.15, 0.2) is 46.6 Å². The first-order valence-electron chi connectivity index (χ1n) is 5.15. The molecule has 0 heteroatoms. The lowest BCUT2D eigenvalue weighted by atomic mass is 9.99. The quantitative estimate of drug-likeness (QED) is 0.560. The maximum absolute atomic E-state index is 2.18. The maximum Gasteiger partial charge on any atom is -0.0392 e. The molecule has 0 N–H and O–H groups in total. The van der Waals surface area contributed by atoms with E-state index in [1.54, 1.807) is 0 Å². The van der Waals surface area contributed by atoms with Gasteiger partial charge in [-0.05, 0) is 63.8 Å². The Hall–Kier alpha value is -1.04. The van der Waals surface area contributed by atoms with Crippen molar-refractivity contribution in [3.8, 4) is 0 Å². The van der Waals surface area contributed by atoms with Crippen LogP contribution < -0.4 is 0 Å². The second-order valence-corrected chi connectivity index (χ2v) is 3.62. The zero-order valence-corrected chi connectivity index (χ0v) is 10.3. The molecule has 0 aliphatic rings. The molecule has 0 spiro atoms. The molecule has 0 nitrogen and oxygen atoms in total. The van der Waals surface area contributed by atoms with Gasteiger partial charge in [0.05, 0.1) is 0 Å². The maximum atomic E-state index is 2.18. The van der Waals surface area contributed by atoms with E-state index in [1.807, 2.05) is 0 Å². The first kappa shape index (κ1) is 13.0. The highest BCUT2D eigenvalue weighted by Crippen LogP contribution is 2.18. The van der Waals surface area contributed by atoms with E-state index >= 15 is 0 Å². The Kier molecular flexibility index (Phi) is 5.94. The molecule has 0 bridgehead atoms. The summed E-state index contributed by atoms with van der Waals surface area (Å²) in [5, 5.41) is 0. The minimum atomic E-state index is 1.34. The van der Waals surface area contributed by atoms with E-state index in [-0.39, 0.29) is 0 Å². The number of hydrogen-bond acceptors (Lipinski definition) is 0. The van der Waals surface area contributed by atoms with Crippen LogP contribution in [0.2, 0.25) is 0 Å². The third-order valence-electron chi connectivity index (χ3n) is 2.58. The van der Waals surface area contributed by atoms with Crippen molar-refractivity contribution in [1.29, 1.82) is 0 Å². The van der Waals surface area contributed by atoms with E-state index in [4.69, 9.17) is 0 Å². The van der Waals surface area contributed by atoms with E-state index in [0.29, 0.717) is 0 Å². The molecule has 0 rings (SSSR count). The average Bonchev–Trinajstić information content (AvgIpc) is 2.16. The molecule has 0 heterocycles. The second kappa shape index (κ2) is 6.42. The van der Waals surface area contributed by atoms with Crippen molar-refractivity contribution in [2.24, 2.45) is 0 Å². The van der Waals surface area contributed by atoms with Crippen LogP contribution in [0.25, 0.3) is 0 Å². The van der Waals surface area contributed by atoms with E-state index in [1.165, 1.54) is 22.3 Å². The largest absolute Gasteiger partial charge is 0.0874 e. The summed E-state index contributed by atoms with van der Waals surface area (Å²) in [6.07, 6.45) is 8.47. The fraction of sp³-hybridized carbons (Fsp3) is 0.429. The van der Waals surface area contributed by atoms with Gasteiger partial charge in [-0.2, -0.15) is 0 Å². The number of hydrogen-bond donors (Lipinski definition) is 0. The van der Waals surface area contributed by atoms with Crippen molar-refractivity contribution < 1.29 is 0 Å². The number of rotatable bonds is 3. The summed E-state index contributed by atoms with van der Waals surface area (Å²) in [4.78, 5) is 0. The van der Waals surface area contributed by atoms with Crippen molar-refractivity contribution >= 4 is 0 Å². The molecular formula is C14H22. The van der Waals surface area contributed by atoms with Gasteiger partial charge < -0.3 is 0 Å². The van der Waals surface area contributed by atoms with Gasteiger partial charge in [0.1, 0.15) is 0 Å². The van der Waals surface area contributed by atoms with Gasteiger partial charge in [-0.25, -0.2) is 0 Å². The summed E-state index contributed by atoms with van der Waals surface area (Å²) in [5.41, 5.74) is 5.43. The van der Waals surface area contributed by atoms with E-state index in [2.05, 4.69) is 65.8 Å². The van der Waals surface area contributed by atoms with Crippen molar-refractivity contribution in [3.63, 3.8) is 0 Å². The van der Waals surface area contributed by atoms with Gasteiger partial charge in [0.2, 0.25) is 0 Å². The highest BCUT2D eigenvalue weighted by Gasteiger charge is 1.98. The van der Waals surface area contributed by atoms with Gasteiger partial charge >= 0.3 is 0 Å². The molecule has 0 aliphatic carbocycles. The van der Waals surface area contributed by atoms with E-state index < -0.39 is 0 Å². The lowest BCUT2D eigenvalue weighted by Crippen LogP contribution is -1.87. The lowest BCUT2D eigenvalue weighted by molar-refractivity contribution is 1.23. The first-order chi connectivity index (χ1) is 6.54. The molecule has 0 radical (unpaired) electrons. The van der Waals surface area contributed by atoms with Gasteiger partial charge in [0.15, 0.2) is 0 Å². The van der Waals surface area contributed by atoms with Crippen molar-refractivity contribution in [3.05, 3.63) is 46.6 Å². The Balaban J connectivity index is 5.12. The van der Waals surface area contributed by atoms with Crippen LogP contribution in [0.1, 0.15) is 41.5 Å². The van der Waals surface area contributed by atoms with Crippen molar-refractivity contribution in [2.75, 3.05) is 0 Å². The molecular weight excluding hydrogens is 168 g/mol. The van der Waals surface area contributed by atoms with Gasteiger partial charge in [0.25, 0.3) is 0 Å². The number of allylic oxidation sites excluding steroid dienone is 8. The summed E-state index contributed by atoms with van der Waals surface area (Å²) in [6, 6.07) is 0. The molecule has 78 valence electrons. The molecule has 0 aromatic carbocycles. The molecule has 0 aliphatic heterocycles. The van der Waals surface area contributed by atoms with Crippen LogP contribution in [0.5, 0.6) is 0 Å². The molecule has 0 aromatic rings. The highest BCUT2D eigenvalue weighted by molar-refractivity contribution is 5.41. The van der Waals surface area contributed by atoms with E-state index in [0.717, 1.165) is 0 Å². The fourth-order valence-electron chi connectivity index (χ4n) is 1.34. The molecule has 14 heavy (non-hydrogen) atoms. The van der Waals surface area contributed by atoms with Crippen LogP contribution in [-0.4, -0.2) is 0 Å². The Morgan fingerprint density at radius 1 is 0.643 bits per heavy atom. The van der Waals surface area contributed by atoms with Crippen LogP contribution >= 0.6 is 0 Å². The van der Waals surface area contributed by atoms with Gasteiger partial charge in [-0.15, -0.1) is 0 Å². The molecule has 0 saturated heterocycles. The fourth-order valence-corrected chi connectivity index (χ4v) is 1.34. The normalized spacial score (nSPS) is 16.1. The Labute approximate surface area is 88.7 Å². The molecule has 0 atom stereocenters. The average molecular weight is 190 g/mol. The molecule has 0 amide bonds. The Morgan fingerprint density at radius 2 is 0.929 bits per heavy atom. The van der Waals surface area contributed by atoms with Crippen molar-refractivity contribution in [2.45, 2.75) is 41.5 Å². The molecule has 0 saturated carbocycles. The summed E-state index contributed by atoms with van der Waals surface area (Å²) >= 11 is 0. The van der Waals surface area contributed by atoms with Gasteiger partial charge in [-0.1, -0.05) is 24.3 Å². The summed E-state index contributed by atoms with van der Waals surface area (Å²) in [5.74, 6) is 0. The predicted octanol–water partition coefficient (Wildman–Crippen LogP) is 4.81. The third-order valence-corrected chi connectivity index (χ3v) is 2.58. The zero-order chi connectivity index (χ0) is 11.1. The summed E-state index contributed by atoms with van der Waals surface area (Å²) in [7, 11) is 0. The van der Waals surface area contributed by atoms with Crippen LogP contribution in [-0.2, 0) is 0 Å². The van der Waals surface area contributed by atoms with Crippen LogP contribution in [0.3, 0.4) is 0 Å². The first-order valence-corrected chi connectivity index (χ1v) is 5.15. The van der Waals surface area contributed by atoms with Crippen molar-refractivity contribution in [1.82, 2.24) is 0 Å². The summed E-state index contributed by atoms with van der Waals surface area (Å²) < 4.78 is 0. The smallest absolute Gasteiger partial charge is 0.0392 e. The minimum Gasteiger partial charge on any atom is -0.0874 e. The Morgan fingerprint density at radius 3 is 1.14 bits per heavy atom. The molecule has 0 unspecified atom stereocenters. The topological polar surface area (TPSA) is 0 Å². The highest BCUT2D eigenvalue weighted by atomic mass is 14.0. The van der Waals surface area contributed by atoms with Crippen LogP contribution in [0, 0.1) is 0 Å². The minimum absolute atomic E-state index is 1.34. The van der Waals surface area contributed by atoms with Gasteiger partial charge in [-0.3, -0.25) is 0 Å². The standard InChI is InChI=1S/C14H22/c1-7-9-11(3)13(5)14(6)12(4)10-8-2/h7-10H,1-6H3. The predicted molar refractivity (Wildman–Crippen MR) is 66.4 cm³/mol. The lowest BCUT2D eigenvalue weighted by Gasteiger charge is -2.07. The molecule has 0 fully saturated rings. The SMILES string of the molecule is CC=CC(C)=C(C)C(C)=C(C)C=CC. The Bertz CT molecular complexity index is 264. The van der Waals surface area contributed by atoms with Crippen LogP contribution in [0.4, 0.5) is 0 Å². The summed E-state index contributed by atoms with van der Waals surface area (Å²) in [6.45, 7) is 12.8. The zero-order valence-electron chi connectivity index (χ0n) is 10.3. The monoisotopic (exact) mass is 190 g/mol.